The van der Waals surface area contributed by atoms with Gasteiger partial charge in [0.1, 0.15) is 11.1 Å². The van der Waals surface area contributed by atoms with Crippen LogP contribution in [0.25, 0.3) is 44.7 Å². The number of oxazole rings is 1. The molecule has 0 radical (unpaired) electrons. The Balaban J connectivity index is 1.20. The number of amides is 1. The number of aromatic nitrogens is 1. The van der Waals surface area contributed by atoms with Gasteiger partial charge in [0.25, 0.3) is 5.91 Å². The van der Waals surface area contributed by atoms with E-state index in [9.17, 15) is 9.59 Å². The maximum atomic E-state index is 12.9. The molecule has 0 saturated carbocycles. The first-order valence-electron chi connectivity index (χ1n) is 12.7. The van der Waals surface area contributed by atoms with E-state index in [2.05, 4.69) is 43.2 Å². The smallest absolute Gasteiger partial charge is 0.344 e. The lowest BCUT2D eigenvalue weighted by Crippen LogP contribution is -2.11. The van der Waals surface area contributed by atoms with Crippen LogP contribution in [-0.2, 0) is 5.41 Å². The van der Waals surface area contributed by atoms with Gasteiger partial charge < -0.3 is 14.2 Å². The fourth-order valence-electron chi connectivity index (χ4n) is 4.51. The number of carbonyl (C=O) groups is 1. The van der Waals surface area contributed by atoms with Crippen molar-refractivity contribution in [3.8, 4) is 22.6 Å². The third kappa shape index (κ3) is 4.84. The lowest BCUT2D eigenvalue weighted by Gasteiger charge is -2.18. The zero-order valence-corrected chi connectivity index (χ0v) is 21.8. The zero-order valence-electron chi connectivity index (χ0n) is 21.8. The molecule has 4 aromatic carbocycles. The second-order valence-corrected chi connectivity index (χ2v) is 10.5. The maximum absolute atomic E-state index is 12.9. The van der Waals surface area contributed by atoms with Crippen molar-refractivity contribution < 1.29 is 13.6 Å². The molecule has 0 atom stereocenters. The molecule has 6 heteroatoms. The molecule has 0 fully saturated rings. The number of nitrogens with zero attached hydrogens (tertiary/aromatic N) is 1. The van der Waals surface area contributed by atoms with Crippen LogP contribution in [0, 0.1) is 0 Å². The van der Waals surface area contributed by atoms with Gasteiger partial charge in [-0.05, 0) is 71.1 Å². The Morgan fingerprint density at radius 3 is 2.23 bits per heavy atom. The van der Waals surface area contributed by atoms with Gasteiger partial charge in [-0.2, -0.15) is 0 Å². The van der Waals surface area contributed by atoms with E-state index in [4.69, 9.17) is 8.83 Å². The van der Waals surface area contributed by atoms with Crippen molar-refractivity contribution in [1.29, 1.82) is 0 Å². The molecule has 0 bridgehead atoms. The summed E-state index contributed by atoms with van der Waals surface area (Å²) >= 11 is 0. The summed E-state index contributed by atoms with van der Waals surface area (Å²) in [7, 11) is 0. The monoisotopic (exact) mass is 514 g/mol. The number of rotatable bonds is 4. The lowest BCUT2D eigenvalue weighted by molar-refractivity contribution is 0.102. The number of fused-ring (bicyclic) bond motifs is 2. The van der Waals surface area contributed by atoms with Gasteiger partial charge in [-0.3, -0.25) is 4.79 Å². The van der Waals surface area contributed by atoms with Crippen LogP contribution < -0.4 is 10.9 Å². The third-order valence-electron chi connectivity index (χ3n) is 6.74. The first-order chi connectivity index (χ1) is 18.7. The fraction of sp³-hybridized carbons (Fsp3) is 0.121. The summed E-state index contributed by atoms with van der Waals surface area (Å²) in [4.78, 5) is 30.1. The number of hydrogen-bond acceptors (Lipinski definition) is 5. The fourth-order valence-corrected chi connectivity index (χ4v) is 4.51. The van der Waals surface area contributed by atoms with Gasteiger partial charge in [0.2, 0.25) is 5.89 Å². The normalized spacial score (nSPS) is 11.7. The van der Waals surface area contributed by atoms with Crippen LogP contribution in [0.15, 0.2) is 111 Å². The average Bonchev–Trinajstić information content (AvgIpc) is 3.36. The van der Waals surface area contributed by atoms with Crippen LogP contribution in [0.1, 0.15) is 36.7 Å². The summed E-state index contributed by atoms with van der Waals surface area (Å²) in [5, 5.41) is 3.75. The average molecular weight is 515 g/mol. The highest BCUT2D eigenvalue weighted by atomic mass is 16.4. The van der Waals surface area contributed by atoms with Crippen molar-refractivity contribution in [2.24, 2.45) is 0 Å². The molecule has 39 heavy (non-hydrogen) atoms. The molecule has 0 aliphatic heterocycles. The Kier molecular flexibility index (Phi) is 5.88. The Bertz CT molecular complexity index is 1890. The molecule has 6 aromatic rings. The highest BCUT2D eigenvalue weighted by Crippen LogP contribution is 2.29. The SMILES string of the molecule is CC(C)(C)c1ccc(-c2nc3cc(NC(=O)c4ccc(-c5cc6ccccc6oc5=O)cc4)ccc3o2)cc1. The predicted octanol–water partition coefficient (Wildman–Crippen LogP) is 7.82. The Morgan fingerprint density at radius 1 is 0.769 bits per heavy atom. The Morgan fingerprint density at radius 2 is 1.49 bits per heavy atom. The quantitative estimate of drug-likeness (QED) is 0.242. The second kappa shape index (κ2) is 9.40. The Labute approximate surface area is 224 Å². The van der Waals surface area contributed by atoms with Crippen molar-refractivity contribution in [3.05, 3.63) is 119 Å². The molecule has 0 saturated heterocycles. The van der Waals surface area contributed by atoms with E-state index in [1.54, 1.807) is 54.6 Å². The Hall–Kier alpha value is -4.97. The molecule has 192 valence electrons. The zero-order chi connectivity index (χ0) is 27.1. The summed E-state index contributed by atoms with van der Waals surface area (Å²) in [5.41, 5.74) is 5.80. The highest BCUT2D eigenvalue weighted by Gasteiger charge is 2.16. The number of carbonyl (C=O) groups excluding carboxylic acids is 1. The molecule has 1 amide bonds. The number of nitrogens with one attached hydrogen (secondary N) is 1. The number of anilines is 1. The van der Waals surface area contributed by atoms with Crippen molar-refractivity contribution in [3.63, 3.8) is 0 Å². The van der Waals surface area contributed by atoms with E-state index in [0.717, 1.165) is 10.9 Å². The topological polar surface area (TPSA) is 85.3 Å². The van der Waals surface area contributed by atoms with Crippen LogP contribution in [0.2, 0.25) is 0 Å². The first kappa shape index (κ1) is 24.4. The maximum Gasteiger partial charge on any atom is 0.344 e. The predicted molar refractivity (Wildman–Crippen MR) is 154 cm³/mol. The van der Waals surface area contributed by atoms with E-state index in [-0.39, 0.29) is 11.3 Å². The van der Waals surface area contributed by atoms with E-state index in [1.165, 1.54) is 5.56 Å². The highest BCUT2D eigenvalue weighted by molar-refractivity contribution is 6.05. The standard InChI is InChI=1S/C33H26N2O4/c1-33(2,3)24-14-12-22(13-15-24)31-35-27-19-25(16-17-29(27)38-31)34-30(36)21-10-8-20(9-11-21)26-18-23-6-4-5-7-28(23)39-32(26)37/h4-19H,1-3H3,(H,34,36). The minimum Gasteiger partial charge on any atom is -0.436 e. The van der Waals surface area contributed by atoms with E-state index in [0.29, 0.717) is 45.0 Å². The van der Waals surface area contributed by atoms with Gasteiger partial charge in [0.15, 0.2) is 5.58 Å². The molecule has 2 heterocycles. The van der Waals surface area contributed by atoms with Gasteiger partial charge in [-0.15, -0.1) is 0 Å². The summed E-state index contributed by atoms with van der Waals surface area (Å²) in [6.07, 6.45) is 0. The summed E-state index contributed by atoms with van der Waals surface area (Å²) < 4.78 is 11.4. The van der Waals surface area contributed by atoms with Crippen molar-refractivity contribution in [1.82, 2.24) is 4.98 Å². The van der Waals surface area contributed by atoms with Crippen molar-refractivity contribution in [2.75, 3.05) is 5.32 Å². The van der Waals surface area contributed by atoms with E-state index < -0.39 is 5.63 Å². The van der Waals surface area contributed by atoms with Gasteiger partial charge in [0.05, 0.1) is 5.56 Å². The summed E-state index contributed by atoms with van der Waals surface area (Å²) in [6.45, 7) is 6.53. The summed E-state index contributed by atoms with van der Waals surface area (Å²) in [5.74, 6) is 0.260. The molecule has 2 aromatic heterocycles. The molecule has 6 nitrogen and oxygen atoms in total. The van der Waals surface area contributed by atoms with Crippen LogP contribution in [0.5, 0.6) is 0 Å². The van der Waals surface area contributed by atoms with Crippen molar-refractivity contribution >= 4 is 33.7 Å². The van der Waals surface area contributed by atoms with Gasteiger partial charge in [-0.1, -0.05) is 63.2 Å². The molecular weight excluding hydrogens is 488 g/mol. The van der Waals surface area contributed by atoms with Gasteiger partial charge >= 0.3 is 5.63 Å². The molecule has 0 spiro atoms. The second-order valence-electron chi connectivity index (χ2n) is 10.5. The van der Waals surface area contributed by atoms with Crippen LogP contribution in [0.3, 0.4) is 0 Å². The van der Waals surface area contributed by atoms with E-state index >= 15 is 0 Å². The largest absolute Gasteiger partial charge is 0.436 e. The van der Waals surface area contributed by atoms with E-state index in [1.807, 2.05) is 30.3 Å². The minimum absolute atomic E-state index is 0.0680. The van der Waals surface area contributed by atoms with Gasteiger partial charge in [-0.25, -0.2) is 9.78 Å². The third-order valence-corrected chi connectivity index (χ3v) is 6.74. The molecule has 0 aliphatic carbocycles. The van der Waals surface area contributed by atoms with Crippen LogP contribution in [-0.4, -0.2) is 10.9 Å². The molecule has 1 N–H and O–H groups in total. The number of para-hydroxylation sites is 1. The molecule has 0 aliphatic rings. The molecule has 6 rings (SSSR count). The number of hydrogen-bond donors (Lipinski definition) is 1. The van der Waals surface area contributed by atoms with Crippen LogP contribution >= 0.6 is 0 Å². The lowest BCUT2D eigenvalue weighted by atomic mass is 9.87. The van der Waals surface area contributed by atoms with Crippen molar-refractivity contribution in [2.45, 2.75) is 26.2 Å². The number of benzene rings is 4. The molecule has 0 unspecified atom stereocenters. The van der Waals surface area contributed by atoms with Gasteiger partial charge in [0, 0.05) is 22.2 Å². The van der Waals surface area contributed by atoms with Crippen LogP contribution in [0.4, 0.5) is 5.69 Å². The molecular formula is C33H26N2O4. The minimum atomic E-state index is -0.420. The summed E-state index contributed by atoms with van der Waals surface area (Å²) in [6, 6.07) is 29.6. The first-order valence-corrected chi connectivity index (χ1v) is 12.7.